The fourth-order valence-corrected chi connectivity index (χ4v) is 12.3. The Morgan fingerprint density at radius 2 is 1.07 bits per heavy atom. The Bertz CT molecular complexity index is 4080. The zero-order chi connectivity index (χ0) is 84.8. The van der Waals surface area contributed by atoms with Gasteiger partial charge in [-0.05, 0) is 121 Å². The molecule has 594 valence electrons. The average molecular weight is 1570 g/mol. The summed E-state index contributed by atoms with van der Waals surface area (Å²) < 4.78 is 18.7. The summed E-state index contributed by atoms with van der Waals surface area (Å²) in [6.07, 6.45) is 42.0. The van der Waals surface area contributed by atoms with Crippen LogP contribution in [0.5, 0.6) is 0 Å². The lowest BCUT2D eigenvalue weighted by Gasteiger charge is -2.30. The van der Waals surface area contributed by atoms with E-state index in [2.05, 4.69) is 347 Å². The minimum Gasteiger partial charge on any atom is -0.458 e. The molecular weight excluding hydrogens is 1440 g/mol. The number of nitrogens with one attached hydrogen (secondary N) is 2. The molecule has 14 nitrogen and oxygen atoms in total. The van der Waals surface area contributed by atoms with E-state index in [0.29, 0.717) is 5.82 Å². The van der Waals surface area contributed by atoms with E-state index in [4.69, 9.17) is 35.0 Å². The van der Waals surface area contributed by atoms with Gasteiger partial charge in [0.25, 0.3) is 0 Å². The van der Waals surface area contributed by atoms with Crippen molar-refractivity contribution in [2.75, 3.05) is 13.1 Å². The van der Waals surface area contributed by atoms with Crippen molar-refractivity contribution in [2.24, 2.45) is 26.2 Å². The molecule has 0 fully saturated rings. The molecule has 0 saturated heterocycles. The van der Waals surface area contributed by atoms with Crippen LogP contribution in [0.3, 0.4) is 0 Å². The highest BCUT2D eigenvalue weighted by Gasteiger charge is 2.30. The molecule has 1 atom stereocenters. The number of aromatic amines is 2. The first-order valence-electron chi connectivity index (χ1n) is 36.7. The first-order chi connectivity index (χ1) is 50.4. The highest BCUT2D eigenvalue weighted by atomic mass is 32.1. The van der Waals surface area contributed by atoms with Gasteiger partial charge in [0.05, 0.1) is 35.9 Å². The molecule has 10 rings (SSSR count). The van der Waals surface area contributed by atoms with Gasteiger partial charge in [0.2, 0.25) is 0 Å². The Kier molecular flexibility index (Phi) is 38.8. The third-order valence-corrected chi connectivity index (χ3v) is 19.9. The number of terminal acetylenes is 4. The van der Waals surface area contributed by atoms with E-state index in [9.17, 15) is 4.79 Å². The molecule has 0 amide bonds. The molecule has 7 aromatic heterocycles. The molecule has 2 N–H and O–H groups in total. The lowest BCUT2D eigenvalue weighted by Crippen LogP contribution is -2.32. The molecule has 18 heteroatoms. The van der Waals surface area contributed by atoms with Gasteiger partial charge in [-0.1, -0.05) is 282 Å². The van der Waals surface area contributed by atoms with Crippen molar-refractivity contribution in [1.82, 2.24) is 44.0 Å². The van der Waals surface area contributed by atoms with Crippen LogP contribution in [-0.2, 0) is 47.4 Å². The van der Waals surface area contributed by atoms with Crippen LogP contribution in [0.25, 0.3) is 30.4 Å². The SMILES string of the molecule is C#CC1=NCC=C1C(C)(C)C.C#CC1=NCC=C1C(C)(C)C.C#Cc1cc(C(C)(C)C)n[nH]1.C#Cc1ncc(C(C)(C)C)[nH]1.C=Cc1cc(C(C)(C)C)on1.C=Cc1cc(C(C)(C)C)sn1.C=Cc1nc(C(C)(C)C)cs1.C=Cc1ncc(C(C)(C)C)s1.C=Cc1nscc1C(C)(C)C.CC(C)(C)C1CC=CC(=O)O1. The summed E-state index contributed by atoms with van der Waals surface area (Å²) in [5, 5.41) is 16.9. The molecule has 0 spiro atoms. The van der Waals surface area contributed by atoms with E-state index in [1.54, 1.807) is 64.7 Å². The quantitative estimate of drug-likeness (QED) is 0.124. The molecule has 0 aromatic carbocycles. The van der Waals surface area contributed by atoms with Crippen molar-refractivity contribution in [3.05, 3.63) is 186 Å². The number of imidazole rings is 1. The van der Waals surface area contributed by atoms with Crippen molar-refractivity contribution in [3.8, 4) is 49.4 Å². The molecule has 3 aliphatic heterocycles. The van der Waals surface area contributed by atoms with Crippen molar-refractivity contribution in [3.63, 3.8) is 0 Å². The molecule has 0 bridgehead atoms. The number of carbonyl (C=O) groups is 1. The topological polar surface area (TPSA) is 186 Å². The van der Waals surface area contributed by atoms with Gasteiger partial charge in [-0.2, -0.15) is 13.8 Å². The van der Waals surface area contributed by atoms with Crippen LogP contribution in [0.15, 0.2) is 124 Å². The lowest BCUT2D eigenvalue weighted by atomic mass is 9.84. The summed E-state index contributed by atoms with van der Waals surface area (Å²) in [6.45, 7) is 84.0. The maximum absolute atomic E-state index is 10.8. The number of nitrogens with zero attached hydrogens (tertiary/aromatic N) is 9. The van der Waals surface area contributed by atoms with Crippen LogP contribution in [0.4, 0.5) is 0 Å². The van der Waals surface area contributed by atoms with E-state index in [-0.39, 0.29) is 66.2 Å². The Morgan fingerprint density at radius 3 is 1.35 bits per heavy atom. The van der Waals surface area contributed by atoms with E-state index < -0.39 is 0 Å². The molecule has 0 aliphatic carbocycles. The first kappa shape index (κ1) is 99.1. The Labute approximate surface area is 680 Å². The number of H-pyrrole nitrogens is 2. The second-order valence-electron chi connectivity index (χ2n) is 36.2. The van der Waals surface area contributed by atoms with Crippen LogP contribution < -0.4 is 0 Å². The van der Waals surface area contributed by atoms with E-state index in [1.165, 1.54) is 44.1 Å². The number of esters is 1. The molecule has 7 aromatic rings. The van der Waals surface area contributed by atoms with Crippen LogP contribution >= 0.6 is 45.7 Å². The molecule has 1 unspecified atom stereocenters. The molecule has 10 heterocycles. The number of ether oxygens (including phenoxy) is 1. The monoisotopic (exact) mass is 1560 g/mol. The van der Waals surface area contributed by atoms with Gasteiger partial charge >= 0.3 is 5.97 Å². The normalized spacial score (nSPS) is 13.9. The highest BCUT2D eigenvalue weighted by Crippen LogP contribution is 2.34. The number of hydrogen-bond donors (Lipinski definition) is 2. The van der Waals surface area contributed by atoms with Crippen molar-refractivity contribution >= 4 is 93.5 Å². The van der Waals surface area contributed by atoms with Gasteiger partial charge in [0.15, 0.2) is 5.82 Å². The minimum absolute atomic E-state index is 0.0360. The van der Waals surface area contributed by atoms with Crippen molar-refractivity contribution < 1.29 is 14.1 Å². The number of rotatable bonds is 5. The summed E-state index contributed by atoms with van der Waals surface area (Å²) in [5.74, 6) is 11.4. The Balaban J connectivity index is 0.000000611. The number of hydrogen-bond acceptors (Lipinski definition) is 16. The number of allylic oxidation sites excluding steroid dienone is 2. The zero-order valence-electron chi connectivity index (χ0n) is 72.2. The Morgan fingerprint density at radius 1 is 0.536 bits per heavy atom. The second kappa shape index (κ2) is 43.1. The average Bonchev–Trinajstić information content (AvgIpc) is 1.53. The van der Waals surface area contributed by atoms with Crippen LogP contribution in [-0.4, -0.2) is 80.6 Å². The van der Waals surface area contributed by atoms with Crippen LogP contribution in [0.1, 0.15) is 291 Å². The fourth-order valence-electron chi connectivity index (χ4n) is 8.88. The van der Waals surface area contributed by atoms with Crippen molar-refractivity contribution in [1.29, 1.82) is 0 Å². The molecule has 0 saturated carbocycles. The molecular formula is C92H129N11O3S4. The number of aromatic nitrogens is 9. The Hall–Kier alpha value is -8.88. The fraction of sp³-hybridized carbons (Fsp3) is 0.478. The summed E-state index contributed by atoms with van der Waals surface area (Å²) in [4.78, 5) is 37.5. The van der Waals surface area contributed by atoms with Crippen molar-refractivity contribution in [2.45, 2.75) is 258 Å². The lowest BCUT2D eigenvalue weighted by molar-refractivity contribution is -0.149. The number of thiazole rings is 2. The van der Waals surface area contributed by atoms with Crippen LogP contribution in [0, 0.1) is 65.6 Å². The zero-order valence-corrected chi connectivity index (χ0v) is 75.4. The summed E-state index contributed by atoms with van der Waals surface area (Å²) in [5.41, 5.74) is 13.5. The molecule has 3 aliphatic rings. The maximum atomic E-state index is 10.8. The first-order valence-corrected chi connectivity index (χ1v) is 40.0. The van der Waals surface area contributed by atoms with Gasteiger partial charge in [0, 0.05) is 78.8 Å². The third kappa shape index (κ3) is 35.9. The molecule has 0 radical (unpaired) electrons. The van der Waals surface area contributed by atoms with E-state index in [1.807, 2.05) is 30.5 Å². The van der Waals surface area contributed by atoms with Gasteiger partial charge in [-0.25, -0.2) is 19.7 Å². The minimum atomic E-state index is -0.212. The van der Waals surface area contributed by atoms with E-state index >= 15 is 0 Å². The van der Waals surface area contributed by atoms with Gasteiger partial charge in [-0.3, -0.25) is 15.1 Å². The number of cyclic esters (lactones) is 1. The molecule has 110 heavy (non-hydrogen) atoms. The van der Waals surface area contributed by atoms with Gasteiger partial charge in [-0.15, -0.1) is 48.4 Å². The highest BCUT2D eigenvalue weighted by molar-refractivity contribution is 7.12. The second-order valence-corrected chi connectivity index (χ2v) is 39.6. The predicted molar refractivity (Wildman–Crippen MR) is 480 cm³/mol. The maximum Gasteiger partial charge on any atom is 0.330 e. The van der Waals surface area contributed by atoms with E-state index in [0.717, 1.165) is 86.6 Å². The van der Waals surface area contributed by atoms with Crippen LogP contribution in [0.2, 0.25) is 0 Å². The predicted octanol–water partition coefficient (Wildman–Crippen LogP) is 24.3. The summed E-state index contributed by atoms with van der Waals surface area (Å²) in [7, 11) is 0. The summed E-state index contributed by atoms with van der Waals surface area (Å²) >= 11 is 6.41. The number of aliphatic imine (C=N–C) groups is 2. The largest absolute Gasteiger partial charge is 0.458 e. The summed E-state index contributed by atoms with van der Waals surface area (Å²) in [6, 6.07) is 5.91. The van der Waals surface area contributed by atoms with Gasteiger partial charge in [0.1, 0.15) is 44.7 Å². The van der Waals surface area contributed by atoms with Gasteiger partial charge < -0.3 is 14.2 Å². The smallest absolute Gasteiger partial charge is 0.330 e. The standard InChI is InChI=1S/2C10H13N.2C9H12N2.C9H13NO.4C9H13NS.C9H14O2/c2*1-5-9-8(6-7-11-9)10(2,3)4;1-5-8-10-6-7(11-8)9(2,3)4;2*1-5-7-6-8(11-10-7)9(2,3)4;1-5-8-10-7(6-11-8)9(2,3)4;1-5-8-10-6-7(11-8)9(2,3)4;1-5-8-7(6-11-10-8)9(2,3)4;1-5-7-6-8(11-10-7)9(2,3)4;1-9(2,3)7-5-4-6-8(10)11-7/h2*1,6H,7H2,2-4H3;2*1,6H,2-4H3,(H,10,11);5*5-6H,1H2,2-4H3;4,6-7H,5H2,1-3H3. The number of carbonyl (C=O) groups excluding carboxylic acids is 1. The third-order valence-electron chi connectivity index (χ3n) is 15.8.